The monoisotopic (exact) mass is 777 g/mol. The number of nitrogens with zero attached hydrogens (tertiary/aromatic N) is 6. The van der Waals surface area contributed by atoms with Gasteiger partial charge in [-0.3, -0.25) is 19.3 Å². The number of nitrogens with one attached hydrogen (secondary N) is 2. The molecule has 5 aromatic carbocycles. The number of para-hydroxylation sites is 1. The van der Waals surface area contributed by atoms with Crippen molar-refractivity contribution in [2.24, 2.45) is 25.6 Å². The molecule has 0 unspecified atom stereocenters. The summed E-state index contributed by atoms with van der Waals surface area (Å²) in [5.41, 5.74) is 22.4. The lowest BCUT2D eigenvalue weighted by atomic mass is 9.92. The summed E-state index contributed by atoms with van der Waals surface area (Å²) < 4.78 is 69.5. The van der Waals surface area contributed by atoms with Crippen LogP contribution in [-0.2, 0) is 20.2 Å². The van der Waals surface area contributed by atoms with Crippen molar-refractivity contribution in [3.63, 3.8) is 0 Å². The second kappa shape index (κ2) is 14.0. The van der Waals surface area contributed by atoms with E-state index in [-0.39, 0.29) is 16.8 Å². The molecule has 7 rings (SSSR count). The van der Waals surface area contributed by atoms with Gasteiger partial charge in [-0.25, -0.2) is 4.98 Å². The van der Waals surface area contributed by atoms with Crippen LogP contribution in [-0.4, -0.2) is 47.4 Å². The van der Waals surface area contributed by atoms with E-state index in [9.17, 15) is 30.7 Å². The molecular formula is C35H27N11O7S2. The van der Waals surface area contributed by atoms with Gasteiger partial charge < -0.3 is 22.2 Å². The summed E-state index contributed by atoms with van der Waals surface area (Å²) in [6.45, 7) is 0. The van der Waals surface area contributed by atoms with Crippen molar-refractivity contribution >= 4 is 94.3 Å². The van der Waals surface area contributed by atoms with Gasteiger partial charge in [-0.05, 0) is 90.5 Å². The van der Waals surface area contributed by atoms with Crippen LogP contribution in [0.4, 0.5) is 45.5 Å². The molecule has 0 radical (unpaired) electrons. The van der Waals surface area contributed by atoms with E-state index in [1.165, 1.54) is 0 Å². The largest absolute Gasteiger partial charge is 0.399 e. The van der Waals surface area contributed by atoms with Crippen LogP contribution in [0, 0.1) is 0 Å². The lowest BCUT2D eigenvalue weighted by Gasteiger charge is -2.20. The number of carbonyl (C=O) groups excluding carboxylic acids is 1. The number of aromatic amines is 1. The van der Waals surface area contributed by atoms with Gasteiger partial charge in [-0.15, -0.1) is 10.2 Å². The fraction of sp³-hybridized carbons (Fsp3) is 0. The first-order valence-electron chi connectivity index (χ1n) is 15.8. The van der Waals surface area contributed by atoms with Gasteiger partial charge in [0.15, 0.2) is 5.71 Å². The van der Waals surface area contributed by atoms with E-state index in [1.807, 2.05) is 0 Å². The van der Waals surface area contributed by atoms with Crippen molar-refractivity contribution in [1.29, 1.82) is 0 Å². The quantitative estimate of drug-likeness (QED) is 0.0339. The number of fused-ring (bicyclic) bond motifs is 2. The highest BCUT2D eigenvalue weighted by Gasteiger charge is 2.37. The molecule has 0 spiro atoms. The predicted octanol–water partition coefficient (Wildman–Crippen LogP) is 6.95. The van der Waals surface area contributed by atoms with E-state index >= 15 is 0 Å². The highest BCUT2D eigenvalue weighted by Crippen LogP contribution is 2.41. The minimum Gasteiger partial charge on any atom is -0.399 e. The first kappa shape index (κ1) is 36.2. The normalized spacial score (nSPS) is 14.2. The summed E-state index contributed by atoms with van der Waals surface area (Å²) in [5, 5.41) is 20.4. The second-order valence-electron chi connectivity index (χ2n) is 11.9. The Bertz CT molecular complexity index is 2890. The van der Waals surface area contributed by atoms with Crippen molar-refractivity contribution in [2.45, 2.75) is 4.90 Å². The number of carbonyl (C=O) groups is 1. The van der Waals surface area contributed by atoms with E-state index in [1.54, 1.807) is 91.0 Å². The molecule has 0 fully saturated rings. The van der Waals surface area contributed by atoms with Crippen LogP contribution in [0.25, 0.3) is 28.5 Å². The number of rotatable bonds is 9. The highest BCUT2D eigenvalue weighted by molar-refractivity contribution is 7.91. The summed E-state index contributed by atoms with van der Waals surface area (Å²) in [4.78, 5) is 19.7. The molecule has 55 heavy (non-hydrogen) atoms. The highest BCUT2D eigenvalue weighted by atomic mass is 32.2. The summed E-state index contributed by atoms with van der Waals surface area (Å²) >= 11 is 0. The number of H-pyrrole nitrogens is 1. The number of aromatic nitrogens is 2. The van der Waals surface area contributed by atoms with Gasteiger partial charge in [0.1, 0.15) is 27.0 Å². The number of imidazole rings is 1. The zero-order chi connectivity index (χ0) is 39.1. The SMILES string of the molecule is Nc1ccc(N=Nc2ccc3nc(-c4ccc(N=Nc5c(S(=O)(=O)O)cc6c(c5N)C(=O)C(=NNc5ccccc5)C(S(=O)(=O)O)=C6)cc4)[nH]c3c2)c(N)c1. The Morgan fingerprint density at radius 1 is 0.745 bits per heavy atom. The first-order chi connectivity index (χ1) is 26.2. The van der Waals surface area contributed by atoms with Crippen LogP contribution in [0.3, 0.4) is 0 Å². The molecule has 1 aliphatic rings. The molecule has 0 bridgehead atoms. The third-order valence-corrected chi connectivity index (χ3v) is 9.85. The van der Waals surface area contributed by atoms with Crippen molar-refractivity contribution in [3.8, 4) is 11.4 Å². The average molecular weight is 778 g/mol. The number of nitrogen functional groups attached to an aromatic ring is 3. The summed E-state index contributed by atoms with van der Waals surface area (Å²) in [7, 11) is -10.1. The molecule has 6 aromatic rings. The number of hydrogen-bond donors (Lipinski definition) is 7. The minimum atomic E-state index is -5.07. The Balaban J connectivity index is 1.18. The Morgan fingerprint density at radius 3 is 2.15 bits per heavy atom. The molecule has 0 amide bonds. The molecule has 0 saturated heterocycles. The maximum atomic E-state index is 13.7. The number of nitrogens with two attached hydrogens (primary N) is 3. The Hall–Kier alpha value is -7.13. The second-order valence-corrected chi connectivity index (χ2v) is 14.7. The third-order valence-electron chi connectivity index (χ3n) is 8.12. The van der Waals surface area contributed by atoms with Crippen LogP contribution in [0.2, 0.25) is 0 Å². The average Bonchev–Trinajstić information content (AvgIpc) is 3.57. The molecule has 20 heteroatoms. The molecule has 18 nitrogen and oxygen atoms in total. The van der Waals surface area contributed by atoms with Crippen molar-refractivity contribution < 1.29 is 30.7 Å². The maximum Gasteiger partial charge on any atom is 0.296 e. The number of ketones is 1. The molecule has 10 N–H and O–H groups in total. The molecular weight excluding hydrogens is 751 g/mol. The summed E-state index contributed by atoms with van der Waals surface area (Å²) in [6, 6.07) is 25.7. The third kappa shape index (κ3) is 7.54. The van der Waals surface area contributed by atoms with Crippen LogP contribution < -0.4 is 22.6 Å². The van der Waals surface area contributed by atoms with E-state index in [4.69, 9.17) is 17.2 Å². The van der Waals surface area contributed by atoms with Gasteiger partial charge in [-0.1, -0.05) is 18.2 Å². The number of Topliss-reactive ketones (excluding diaryl/α,β-unsaturated/α-hetero) is 1. The molecule has 1 aliphatic carbocycles. The van der Waals surface area contributed by atoms with E-state index in [2.05, 4.69) is 41.0 Å². The van der Waals surface area contributed by atoms with Gasteiger partial charge in [0.2, 0.25) is 5.78 Å². The number of hydrogen-bond acceptors (Lipinski definition) is 15. The topological polar surface area (TPSA) is 306 Å². The molecule has 0 aliphatic heterocycles. The molecule has 1 heterocycles. The Morgan fingerprint density at radius 2 is 1.45 bits per heavy atom. The number of azo groups is 2. The van der Waals surface area contributed by atoms with Gasteiger partial charge >= 0.3 is 0 Å². The maximum absolute atomic E-state index is 13.7. The number of allylic oxidation sites excluding steroid dienone is 1. The lowest BCUT2D eigenvalue weighted by molar-refractivity contribution is 0.106. The van der Waals surface area contributed by atoms with Crippen LogP contribution in [0.15, 0.2) is 132 Å². The van der Waals surface area contributed by atoms with Gasteiger partial charge in [0, 0.05) is 11.3 Å². The van der Waals surface area contributed by atoms with Crippen molar-refractivity contribution in [3.05, 3.63) is 113 Å². The number of hydrazone groups is 1. The van der Waals surface area contributed by atoms with Crippen LogP contribution in [0.1, 0.15) is 15.9 Å². The summed E-state index contributed by atoms with van der Waals surface area (Å²) in [5.74, 6) is -0.570. The van der Waals surface area contributed by atoms with Gasteiger partial charge in [0.05, 0.1) is 45.0 Å². The summed E-state index contributed by atoms with van der Waals surface area (Å²) in [6.07, 6.45) is 0.809. The van der Waals surface area contributed by atoms with E-state index in [0.717, 1.165) is 12.1 Å². The Labute approximate surface area is 311 Å². The van der Waals surface area contributed by atoms with Crippen LogP contribution >= 0.6 is 0 Å². The fourth-order valence-corrected chi connectivity index (χ4v) is 6.83. The standard InChI is InChI=1S/C35H27N11O7S2/c36-20-8-12-25(24(37)16-20)44-43-23-11-13-26-27(17-23)40-35(39-26)18-6-9-22(10-7-18)42-45-32-28(54(48,49)50)14-19-15-29(55(51,52)53)33(34(47)30(19)31(32)38)46-41-21-4-2-1-3-5-21/h1-17,41H,36-38H2,(H,39,40)(H,48,49,50)(H,51,52,53). The van der Waals surface area contributed by atoms with Crippen molar-refractivity contribution in [2.75, 3.05) is 22.6 Å². The molecule has 0 atom stereocenters. The van der Waals surface area contributed by atoms with E-state index < -0.39 is 52.9 Å². The zero-order valence-electron chi connectivity index (χ0n) is 28.0. The predicted molar refractivity (Wildman–Crippen MR) is 207 cm³/mol. The molecule has 1 aromatic heterocycles. The minimum absolute atomic E-state index is 0.220. The Kier molecular flexibility index (Phi) is 9.24. The van der Waals surface area contributed by atoms with E-state index in [0.29, 0.717) is 50.9 Å². The number of anilines is 4. The lowest BCUT2D eigenvalue weighted by Crippen LogP contribution is -2.28. The molecule has 276 valence electrons. The fourth-order valence-electron chi connectivity index (χ4n) is 5.50. The number of benzene rings is 5. The smallest absolute Gasteiger partial charge is 0.296 e. The van der Waals surface area contributed by atoms with Crippen LogP contribution in [0.5, 0.6) is 0 Å². The van der Waals surface area contributed by atoms with Gasteiger partial charge in [0.25, 0.3) is 20.2 Å². The van der Waals surface area contributed by atoms with Crippen molar-refractivity contribution in [1.82, 2.24) is 9.97 Å². The van der Waals surface area contributed by atoms with Gasteiger partial charge in [-0.2, -0.15) is 32.2 Å². The molecule has 0 saturated carbocycles. The zero-order valence-corrected chi connectivity index (χ0v) is 29.6. The first-order valence-corrected chi connectivity index (χ1v) is 18.7.